The quantitative estimate of drug-likeness (QED) is 0.147. The van der Waals surface area contributed by atoms with E-state index in [4.69, 9.17) is 4.74 Å². The molecule has 44 heavy (non-hydrogen) atoms. The van der Waals surface area contributed by atoms with Gasteiger partial charge in [-0.2, -0.15) is 4.39 Å². The maximum atomic E-state index is 15.5. The molecule has 0 spiro atoms. The second-order valence-electron chi connectivity index (χ2n) is 13.2. The number of unbranched alkanes of at least 4 members (excludes halogenated alkanes) is 3. The summed E-state index contributed by atoms with van der Waals surface area (Å²) in [7, 11) is 0. The molecule has 1 nitrogen and oxygen atoms in total. The Bertz CT molecular complexity index is 1350. The van der Waals surface area contributed by atoms with Crippen LogP contribution in [-0.2, 0) is 0 Å². The molecule has 0 radical (unpaired) electrons. The first-order chi connectivity index (χ1) is 21.4. The number of hydrogen-bond acceptors (Lipinski definition) is 1. The molecule has 2 fully saturated rings. The number of ether oxygens (including phenoxy) is 1. The van der Waals surface area contributed by atoms with Crippen LogP contribution >= 0.6 is 0 Å². The second kappa shape index (κ2) is 15.5. The molecule has 2 aliphatic rings. The van der Waals surface area contributed by atoms with E-state index >= 15 is 8.78 Å². The molecule has 2 aliphatic carbocycles. The minimum Gasteiger partial charge on any atom is -0.490 e. The van der Waals surface area contributed by atoms with E-state index in [-0.39, 0.29) is 22.8 Å². The zero-order chi connectivity index (χ0) is 31.1. The summed E-state index contributed by atoms with van der Waals surface area (Å²) >= 11 is 0. The molecule has 5 rings (SSSR count). The highest BCUT2D eigenvalue weighted by Crippen LogP contribution is 2.45. The van der Waals surface area contributed by atoms with Crippen LogP contribution in [0.25, 0.3) is 22.3 Å². The topological polar surface area (TPSA) is 9.23 Å². The highest BCUT2D eigenvalue weighted by atomic mass is 19.2. The van der Waals surface area contributed by atoms with Crippen LogP contribution in [0.15, 0.2) is 48.5 Å². The molecule has 0 atom stereocenters. The van der Waals surface area contributed by atoms with E-state index in [9.17, 15) is 8.78 Å². The molecule has 0 heterocycles. The van der Waals surface area contributed by atoms with Crippen molar-refractivity contribution in [2.75, 3.05) is 6.61 Å². The molecular formula is C39H48F4O. The van der Waals surface area contributed by atoms with Crippen molar-refractivity contribution in [1.29, 1.82) is 0 Å². The molecule has 238 valence electrons. The fraction of sp³-hybridized carbons (Fsp3) is 0.538. The number of halogens is 4. The van der Waals surface area contributed by atoms with Crippen molar-refractivity contribution in [3.05, 3.63) is 77.4 Å². The lowest BCUT2D eigenvalue weighted by atomic mass is 9.68. The Balaban J connectivity index is 1.20. The van der Waals surface area contributed by atoms with Gasteiger partial charge in [0.15, 0.2) is 23.2 Å². The highest BCUT2D eigenvalue weighted by Gasteiger charge is 2.32. The smallest absolute Gasteiger partial charge is 0.201 e. The predicted molar refractivity (Wildman–Crippen MR) is 172 cm³/mol. The Morgan fingerprint density at radius 3 is 1.70 bits per heavy atom. The Hall–Kier alpha value is -2.82. The van der Waals surface area contributed by atoms with Crippen molar-refractivity contribution in [3.8, 4) is 28.0 Å². The molecule has 0 aromatic heterocycles. The van der Waals surface area contributed by atoms with Crippen molar-refractivity contribution in [2.45, 2.75) is 110 Å². The van der Waals surface area contributed by atoms with Gasteiger partial charge in [0.25, 0.3) is 0 Å². The van der Waals surface area contributed by atoms with Crippen LogP contribution in [0.5, 0.6) is 5.75 Å². The minimum atomic E-state index is -1.02. The van der Waals surface area contributed by atoms with Gasteiger partial charge in [-0.05, 0) is 97.4 Å². The third-order valence-corrected chi connectivity index (χ3v) is 10.4. The van der Waals surface area contributed by atoms with Crippen LogP contribution in [-0.4, -0.2) is 6.61 Å². The van der Waals surface area contributed by atoms with Gasteiger partial charge >= 0.3 is 0 Å². The van der Waals surface area contributed by atoms with Gasteiger partial charge in [0, 0.05) is 11.1 Å². The van der Waals surface area contributed by atoms with E-state index in [2.05, 4.69) is 6.92 Å². The molecule has 0 saturated heterocycles. The molecule has 0 amide bonds. The van der Waals surface area contributed by atoms with Crippen molar-refractivity contribution in [3.63, 3.8) is 0 Å². The average Bonchev–Trinajstić information content (AvgIpc) is 3.05. The normalized spacial score (nSPS) is 22.2. The fourth-order valence-electron chi connectivity index (χ4n) is 7.66. The van der Waals surface area contributed by atoms with Crippen molar-refractivity contribution in [2.24, 2.45) is 17.8 Å². The first-order valence-electron chi connectivity index (χ1n) is 17.1. The molecule has 2 saturated carbocycles. The van der Waals surface area contributed by atoms with Gasteiger partial charge in [-0.25, -0.2) is 13.2 Å². The summed E-state index contributed by atoms with van der Waals surface area (Å²) in [6, 6.07) is 12.8. The Labute approximate surface area is 261 Å². The third kappa shape index (κ3) is 7.51. The summed E-state index contributed by atoms with van der Waals surface area (Å²) in [6.45, 7) is 4.58. The fourth-order valence-corrected chi connectivity index (χ4v) is 7.66. The predicted octanol–water partition coefficient (Wildman–Crippen LogP) is 12.4. The van der Waals surface area contributed by atoms with Gasteiger partial charge < -0.3 is 4.74 Å². The maximum absolute atomic E-state index is 15.5. The van der Waals surface area contributed by atoms with Crippen molar-refractivity contribution in [1.82, 2.24) is 0 Å². The summed E-state index contributed by atoms with van der Waals surface area (Å²) in [5, 5.41) is 0. The van der Waals surface area contributed by atoms with Crippen molar-refractivity contribution < 1.29 is 22.3 Å². The summed E-state index contributed by atoms with van der Waals surface area (Å²) in [6.07, 6.45) is 16.5. The summed E-state index contributed by atoms with van der Waals surface area (Å²) in [5.74, 6) is -1.24. The van der Waals surface area contributed by atoms with E-state index in [0.717, 1.165) is 56.3 Å². The van der Waals surface area contributed by atoms with Crippen LogP contribution in [0.2, 0.25) is 0 Å². The molecule has 5 heteroatoms. The van der Waals surface area contributed by atoms with Crippen LogP contribution in [0.4, 0.5) is 17.6 Å². The van der Waals surface area contributed by atoms with E-state index < -0.39 is 23.3 Å². The lowest BCUT2D eigenvalue weighted by Crippen LogP contribution is -2.25. The highest BCUT2D eigenvalue weighted by molar-refractivity contribution is 5.72. The van der Waals surface area contributed by atoms with E-state index in [1.54, 1.807) is 36.4 Å². The zero-order valence-electron chi connectivity index (χ0n) is 26.5. The van der Waals surface area contributed by atoms with E-state index in [0.29, 0.717) is 23.3 Å². The van der Waals surface area contributed by atoms with Gasteiger partial charge in [-0.3, -0.25) is 0 Å². The first-order valence-corrected chi connectivity index (χ1v) is 17.1. The molecule has 3 aromatic rings. The molecule has 0 bridgehead atoms. The van der Waals surface area contributed by atoms with Gasteiger partial charge in [0.1, 0.15) is 0 Å². The van der Waals surface area contributed by atoms with Crippen LogP contribution in [0.1, 0.15) is 115 Å². The largest absolute Gasteiger partial charge is 0.490 e. The average molecular weight is 609 g/mol. The van der Waals surface area contributed by atoms with Crippen LogP contribution < -0.4 is 4.74 Å². The van der Waals surface area contributed by atoms with Gasteiger partial charge in [-0.1, -0.05) is 95.2 Å². The van der Waals surface area contributed by atoms with E-state index in [1.807, 2.05) is 6.92 Å². The minimum absolute atomic E-state index is 0.0503. The maximum Gasteiger partial charge on any atom is 0.201 e. The standard InChI is InChI=1S/C39H48F4O/c1-3-5-7-8-26-9-11-27(12-10-26)28-13-15-29(16-14-28)32-21-22-33(37(41)36(32)40)30-17-19-31(20-18-30)34-23-24-35(39(43)38(34)42)44-25-6-4-2/h17-24,26-29H,3-16,25H2,1-2H3. The number of hydrogen-bond donors (Lipinski definition) is 0. The molecular weight excluding hydrogens is 560 g/mol. The molecule has 3 aromatic carbocycles. The second-order valence-corrected chi connectivity index (χ2v) is 13.2. The summed E-state index contributed by atoms with van der Waals surface area (Å²) < 4.78 is 65.7. The van der Waals surface area contributed by atoms with Crippen molar-refractivity contribution >= 4 is 0 Å². The van der Waals surface area contributed by atoms with Gasteiger partial charge in [-0.15, -0.1) is 0 Å². The Morgan fingerprint density at radius 2 is 1.11 bits per heavy atom. The lowest BCUT2D eigenvalue weighted by molar-refractivity contribution is 0.155. The summed E-state index contributed by atoms with van der Waals surface area (Å²) in [5.41, 5.74) is 1.69. The SMILES string of the molecule is CCCCCC1CCC(C2CCC(c3ccc(-c4ccc(-c5ccc(OCCCC)c(F)c5F)cc4)c(F)c3F)CC2)CC1. The molecule has 0 aliphatic heterocycles. The van der Waals surface area contributed by atoms with Crippen LogP contribution in [0.3, 0.4) is 0 Å². The van der Waals surface area contributed by atoms with Crippen LogP contribution in [0, 0.1) is 41.0 Å². The zero-order valence-corrected chi connectivity index (χ0v) is 26.5. The van der Waals surface area contributed by atoms with E-state index in [1.165, 1.54) is 63.5 Å². The summed E-state index contributed by atoms with van der Waals surface area (Å²) in [4.78, 5) is 0. The lowest BCUT2D eigenvalue weighted by Gasteiger charge is -2.38. The van der Waals surface area contributed by atoms with Gasteiger partial charge in [0.05, 0.1) is 6.61 Å². The van der Waals surface area contributed by atoms with Gasteiger partial charge in [0.2, 0.25) is 5.82 Å². The first kappa shape index (κ1) is 32.6. The number of rotatable bonds is 12. The monoisotopic (exact) mass is 608 g/mol. The third-order valence-electron chi connectivity index (χ3n) is 10.4. The molecule has 0 unspecified atom stereocenters. The Morgan fingerprint density at radius 1 is 0.568 bits per heavy atom. The number of benzene rings is 3. The Kier molecular flexibility index (Phi) is 11.4. The molecule has 0 N–H and O–H groups in total.